The van der Waals surface area contributed by atoms with Crippen LogP contribution in [0.25, 0.3) is 0 Å². The first-order chi connectivity index (χ1) is 9.69. The highest BCUT2D eigenvalue weighted by Crippen LogP contribution is 2.27. The average molecular weight is 312 g/mol. The Kier molecular flexibility index (Phi) is 4.80. The van der Waals surface area contributed by atoms with Gasteiger partial charge in [0, 0.05) is 20.0 Å². The maximum absolute atomic E-state index is 12.4. The van der Waals surface area contributed by atoms with Gasteiger partial charge in [0.15, 0.2) is 0 Å². The van der Waals surface area contributed by atoms with Gasteiger partial charge in [-0.25, -0.2) is 0 Å². The third-order valence-corrected chi connectivity index (χ3v) is 4.00. The summed E-state index contributed by atoms with van der Waals surface area (Å²) in [6.45, 7) is 3.09. The molecule has 0 spiro atoms. The second-order valence-electron chi connectivity index (χ2n) is 5.37. The van der Waals surface area contributed by atoms with E-state index >= 15 is 0 Å². The fourth-order valence-corrected chi connectivity index (χ4v) is 2.95. The first-order valence-corrected chi connectivity index (χ1v) is 6.92. The first-order valence-electron chi connectivity index (χ1n) is 6.92. The Bertz CT molecular complexity index is 555. The number of aryl methyl sites for hydroxylation is 1. The van der Waals surface area contributed by atoms with Crippen LogP contribution in [-0.2, 0) is 4.79 Å². The average Bonchev–Trinajstić information content (AvgIpc) is 3.17. The third kappa shape index (κ3) is 3.01. The summed E-state index contributed by atoms with van der Waals surface area (Å²) in [4.78, 5) is 14.1. The molecule has 3 atom stereocenters. The highest BCUT2D eigenvalue weighted by molar-refractivity contribution is 5.85. The Morgan fingerprint density at radius 2 is 2.33 bits per heavy atom. The molecule has 7 nitrogen and oxygen atoms in total. The van der Waals surface area contributed by atoms with E-state index in [1.807, 2.05) is 0 Å². The molecule has 8 heteroatoms. The Labute approximate surface area is 129 Å². The molecule has 0 aromatic carbocycles. The van der Waals surface area contributed by atoms with Crippen molar-refractivity contribution in [3.8, 4) is 6.07 Å². The fourth-order valence-electron chi connectivity index (χ4n) is 2.95. The van der Waals surface area contributed by atoms with Gasteiger partial charge in [-0.1, -0.05) is 0 Å². The van der Waals surface area contributed by atoms with Crippen molar-refractivity contribution in [1.82, 2.24) is 20.4 Å². The maximum Gasteiger partial charge on any atom is 0.240 e. The summed E-state index contributed by atoms with van der Waals surface area (Å²) in [5.74, 6) is 1.23. The molecule has 3 heterocycles. The molecule has 0 radical (unpaired) electrons. The number of likely N-dealkylation sites (tertiary alicyclic amines) is 1. The van der Waals surface area contributed by atoms with E-state index in [-0.39, 0.29) is 36.3 Å². The predicted octanol–water partition coefficient (Wildman–Crippen LogP) is 0.760. The second kappa shape index (κ2) is 6.41. The summed E-state index contributed by atoms with van der Waals surface area (Å²) in [6.07, 6.45) is 2.33. The first kappa shape index (κ1) is 15.7. The van der Waals surface area contributed by atoms with Crippen LogP contribution in [0.4, 0.5) is 0 Å². The quantitative estimate of drug-likeness (QED) is 0.866. The lowest BCUT2D eigenvalue weighted by Crippen LogP contribution is -2.45. The number of rotatable bonds is 2. The van der Waals surface area contributed by atoms with Crippen LogP contribution in [0.2, 0.25) is 0 Å². The fraction of sp³-hybridized carbons (Fsp3) is 0.692. The molecule has 1 N–H and O–H groups in total. The van der Waals surface area contributed by atoms with Crippen LogP contribution < -0.4 is 5.32 Å². The highest BCUT2D eigenvalue weighted by atomic mass is 35.5. The van der Waals surface area contributed by atoms with Gasteiger partial charge in [0.05, 0.1) is 18.0 Å². The number of carbonyl (C=O) groups excluding carboxylic acids is 1. The minimum Gasteiger partial charge on any atom is -0.425 e. The number of hydrogen-bond donors (Lipinski definition) is 1. The number of aromatic nitrogens is 2. The molecular formula is C13H18ClN5O2. The van der Waals surface area contributed by atoms with Crippen molar-refractivity contribution in [2.75, 3.05) is 13.1 Å². The van der Waals surface area contributed by atoms with Gasteiger partial charge in [-0.3, -0.25) is 4.79 Å². The number of nitrogens with zero attached hydrogens (tertiary/aromatic N) is 4. The van der Waals surface area contributed by atoms with Gasteiger partial charge in [-0.15, -0.1) is 22.6 Å². The number of amides is 1. The van der Waals surface area contributed by atoms with Crippen molar-refractivity contribution < 1.29 is 9.21 Å². The molecule has 0 aliphatic carbocycles. The van der Waals surface area contributed by atoms with E-state index in [2.05, 4.69) is 21.6 Å². The second-order valence-corrected chi connectivity index (χ2v) is 5.37. The minimum absolute atomic E-state index is 0. The molecule has 2 aliphatic rings. The molecule has 1 aromatic heterocycles. The lowest BCUT2D eigenvalue weighted by atomic mass is 10.0. The van der Waals surface area contributed by atoms with Gasteiger partial charge in [0.25, 0.3) is 0 Å². The molecule has 2 unspecified atom stereocenters. The molecule has 0 bridgehead atoms. The number of hydrogen-bond acceptors (Lipinski definition) is 6. The van der Waals surface area contributed by atoms with Gasteiger partial charge in [0.1, 0.15) is 6.04 Å². The molecule has 2 aliphatic heterocycles. The number of carbonyl (C=O) groups is 1. The number of nitrogens with one attached hydrogen (secondary N) is 1. The van der Waals surface area contributed by atoms with Crippen molar-refractivity contribution >= 4 is 18.3 Å². The van der Waals surface area contributed by atoms with E-state index in [1.54, 1.807) is 11.8 Å². The Morgan fingerprint density at radius 1 is 1.52 bits per heavy atom. The van der Waals surface area contributed by atoms with Gasteiger partial charge in [0.2, 0.25) is 17.7 Å². The molecule has 0 saturated carbocycles. The van der Waals surface area contributed by atoms with Gasteiger partial charge in [-0.05, 0) is 19.3 Å². The largest absolute Gasteiger partial charge is 0.425 e. The van der Waals surface area contributed by atoms with E-state index in [1.165, 1.54) is 0 Å². The van der Waals surface area contributed by atoms with Crippen molar-refractivity contribution in [3.05, 3.63) is 11.8 Å². The number of halogens is 1. The Balaban J connectivity index is 0.00000161. The summed E-state index contributed by atoms with van der Waals surface area (Å²) in [7, 11) is 0. The van der Waals surface area contributed by atoms with E-state index in [0.29, 0.717) is 31.3 Å². The van der Waals surface area contributed by atoms with E-state index in [4.69, 9.17) is 9.68 Å². The highest BCUT2D eigenvalue weighted by Gasteiger charge is 2.38. The van der Waals surface area contributed by atoms with Crippen LogP contribution in [0, 0.1) is 18.3 Å². The van der Waals surface area contributed by atoms with Crippen molar-refractivity contribution in [3.63, 3.8) is 0 Å². The van der Waals surface area contributed by atoms with Crippen LogP contribution in [0.3, 0.4) is 0 Å². The molecular weight excluding hydrogens is 294 g/mol. The molecule has 2 fully saturated rings. The van der Waals surface area contributed by atoms with Crippen LogP contribution >= 0.6 is 12.4 Å². The smallest absolute Gasteiger partial charge is 0.240 e. The predicted molar refractivity (Wildman–Crippen MR) is 75.8 cm³/mol. The normalized spacial score (nSPS) is 28.2. The van der Waals surface area contributed by atoms with Crippen molar-refractivity contribution in [2.24, 2.45) is 0 Å². The van der Waals surface area contributed by atoms with E-state index < -0.39 is 0 Å². The summed E-state index contributed by atoms with van der Waals surface area (Å²) >= 11 is 0. The minimum atomic E-state index is -0.269. The lowest BCUT2D eigenvalue weighted by molar-refractivity contribution is -0.133. The molecule has 114 valence electrons. The molecule has 1 aromatic rings. The van der Waals surface area contributed by atoms with Crippen LogP contribution in [0.15, 0.2) is 4.42 Å². The Hall–Kier alpha value is -1.65. The standard InChI is InChI=1S/C13H17N5O2.ClH/c1-8-16-17-12(20-8)9-5-11(15-7-9)13(19)18-4-2-3-10(18)6-14;/h9-11,15H,2-5,7H2,1H3;1H/t9?,10-,11?;/m0./s1. The van der Waals surface area contributed by atoms with Crippen molar-refractivity contribution in [2.45, 2.75) is 44.2 Å². The van der Waals surface area contributed by atoms with Crippen LogP contribution in [0.5, 0.6) is 0 Å². The van der Waals surface area contributed by atoms with Gasteiger partial charge < -0.3 is 14.6 Å². The number of nitriles is 1. The zero-order valence-electron chi connectivity index (χ0n) is 11.8. The summed E-state index contributed by atoms with van der Waals surface area (Å²) in [5, 5.41) is 20.1. The van der Waals surface area contributed by atoms with Crippen LogP contribution in [-0.4, -0.2) is 46.2 Å². The zero-order chi connectivity index (χ0) is 14.1. The third-order valence-electron chi connectivity index (χ3n) is 4.00. The van der Waals surface area contributed by atoms with E-state index in [0.717, 1.165) is 12.8 Å². The lowest BCUT2D eigenvalue weighted by Gasteiger charge is -2.23. The summed E-state index contributed by atoms with van der Waals surface area (Å²) < 4.78 is 5.42. The van der Waals surface area contributed by atoms with Crippen molar-refractivity contribution in [1.29, 1.82) is 5.26 Å². The molecule has 21 heavy (non-hydrogen) atoms. The molecule has 3 rings (SSSR count). The van der Waals surface area contributed by atoms with Crippen LogP contribution in [0.1, 0.15) is 37.0 Å². The molecule has 2 saturated heterocycles. The topological polar surface area (TPSA) is 95.0 Å². The summed E-state index contributed by atoms with van der Waals surface area (Å²) in [5.41, 5.74) is 0. The summed E-state index contributed by atoms with van der Waals surface area (Å²) in [6, 6.07) is 1.68. The Morgan fingerprint density at radius 3 is 3.00 bits per heavy atom. The van der Waals surface area contributed by atoms with Gasteiger partial charge in [-0.2, -0.15) is 5.26 Å². The maximum atomic E-state index is 12.4. The van der Waals surface area contributed by atoms with Gasteiger partial charge >= 0.3 is 0 Å². The SMILES string of the molecule is Cc1nnc(C2CNC(C(=O)N3CCC[C@H]3C#N)C2)o1.Cl. The zero-order valence-corrected chi connectivity index (χ0v) is 12.6. The van der Waals surface area contributed by atoms with E-state index in [9.17, 15) is 4.79 Å². The molecule has 1 amide bonds. The monoisotopic (exact) mass is 311 g/mol.